The summed E-state index contributed by atoms with van der Waals surface area (Å²) in [7, 11) is 3.98. The normalized spacial score (nSPS) is 18.2. The van der Waals surface area contributed by atoms with Crippen molar-refractivity contribution in [2.75, 3.05) is 45.2 Å². The van der Waals surface area contributed by atoms with Gasteiger partial charge in [0.05, 0.1) is 6.54 Å². The van der Waals surface area contributed by atoms with Gasteiger partial charge in [-0.3, -0.25) is 14.6 Å². The van der Waals surface area contributed by atoms with Crippen molar-refractivity contribution >= 4 is 11.7 Å². The van der Waals surface area contributed by atoms with E-state index in [0.717, 1.165) is 63.1 Å². The predicted octanol–water partition coefficient (Wildman–Crippen LogP) is 3.82. The minimum absolute atomic E-state index is 0.0846. The number of halogens is 1. The molecule has 1 aromatic rings. The first-order valence-electron chi connectivity index (χ1n) is 10.5. The average molecular weight is 394 g/mol. The molecule has 1 aliphatic heterocycles. The molecule has 1 fully saturated rings. The Bertz CT molecular complexity index is 626. The summed E-state index contributed by atoms with van der Waals surface area (Å²) < 4.78 is 13.9. The van der Waals surface area contributed by atoms with Crippen molar-refractivity contribution in [2.24, 2.45) is 0 Å². The van der Waals surface area contributed by atoms with E-state index in [1.165, 1.54) is 12.8 Å². The molecule has 1 N–H and O–H groups in total. The van der Waals surface area contributed by atoms with Gasteiger partial charge in [-0.25, -0.2) is 4.39 Å². The van der Waals surface area contributed by atoms with Gasteiger partial charge < -0.3 is 10.0 Å². The molecule has 1 saturated heterocycles. The minimum atomic E-state index is -0.779. The molecule has 1 atom stereocenters. The molecule has 1 aromatic carbocycles. The number of aliphatic carboxylic acids is 1. The number of benzene rings is 1. The zero-order chi connectivity index (χ0) is 20.5. The Labute approximate surface area is 169 Å². The number of hydrogen-bond acceptors (Lipinski definition) is 4. The first kappa shape index (κ1) is 22.6. The Kier molecular flexibility index (Phi) is 9.19. The smallest absolute Gasteiger partial charge is 0.317 e. The molecule has 0 aromatic heterocycles. The molecule has 0 bridgehead atoms. The van der Waals surface area contributed by atoms with E-state index < -0.39 is 5.97 Å². The number of hydrogen-bond donors (Lipinski definition) is 1. The van der Waals surface area contributed by atoms with Crippen molar-refractivity contribution in [3.05, 3.63) is 29.6 Å². The molecule has 5 nitrogen and oxygen atoms in total. The molecule has 6 heteroatoms. The summed E-state index contributed by atoms with van der Waals surface area (Å²) in [6.45, 7) is 5.87. The molecular weight excluding hydrogens is 357 g/mol. The van der Waals surface area contributed by atoms with E-state index in [9.17, 15) is 9.18 Å². The van der Waals surface area contributed by atoms with Crippen LogP contribution in [0.4, 0.5) is 10.1 Å². The van der Waals surface area contributed by atoms with E-state index in [1.54, 1.807) is 12.1 Å². The van der Waals surface area contributed by atoms with Crippen LogP contribution in [0.25, 0.3) is 0 Å². The molecule has 2 rings (SSSR count). The van der Waals surface area contributed by atoms with Gasteiger partial charge >= 0.3 is 5.97 Å². The van der Waals surface area contributed by atoms with Crippen molar-refractivity contribution < 1.29 is 14.3 Å². The summed E-state index contributed by atoms with van der Waals surface area (Å²) in [5, 5.41) is 9.03. The monoisotopic (exact) mass is 393 g/mol. The highest BCUT2D eigenvalue weighted by molar-refractivity contribution is 5.69. The number of anilines is 1. The highest BCUT2D eigenvalue weighted by Gasteiger charge is 2.22. The Hall–Kier alpha value is -1.66. The van der Waals surface area contributed by atoms with Crippen LogP contribution in [0.3, 0.4) is 0 Å². The molecule has 28 heavy (non-hydrogen) atoms. The predicted molar refractivity (Wildman–Crippen MR) is 112 cm³/mol. The lowest BCUT2D eigenvalue weighted by atomic mass is 10.1. The largest absolute Gasteiger partial charge is 0.480 e. The second kappa shape index (κ2) is 11.4. The third-order valence-electron chi connectivity index (χ3n) is 5.74. The first-order chi connectivity index (χ1) is 13.4. The summed E-state index contributed by atoms with van der Waals surface area (Å²) in [4.78, 5) is 17.5. The van der Waals surface area contributed by atoms with E-state index in [0.29, 0.717) is 6.04 Å². The van der Waals surface area contributed by atoms with Crippen LogP contribution in [-0.2, 0) is 11.3 Å². The molecular formula is C22H36FN3O2. The zero-order valence-corrected chi connectivity index (χ0v) is 17.7. The van der Waals surface area contributed by atoms with E-state index >= 15 is 0 Å². The molecule has 1 unspecified atom stereocenters. The highest BCUT2D eigenvalue weighted by atomic mass is 19.1. The van der Waals surface area contributed by atoms with Gasteiger partial charge in [0.25, 0.3) is 0 Å². The van der Waals surface area contributed by atoms with Gasteiger partial charge in [-0.1, -0.05) is 19.8 Å². The number of carbonyl (C=O) groups is 1. The van der Waals surface area contributed by atoms with E-state index in [4.69, 9.17) is 5.11 Å². The lowest BCUT2D eigenvalue weighted by molar-refractivity contribution is -0.138. The summed E-state index contributed by atoms with van der Waals surface area (Å²) in [5.74, 6) is -0.964. The third kappa shape index (κ3) is 7.06. The second-order valence-corrected chi connectivity index (χ2v) is 8.07. The lowest BCUT2D eigenvalue weighted by Crippen LogP contribution is -2.36. The maximum absolute atomic E-state index is 13.9. The quantitative estimate of drug-likeness (QED) is 0.612. The topological polar surface area (TPSA) is 47.0 Å². The van der Waals surface area contributed by atoms with Crippen molar-refractivity contribution in [1.82, 2.24) is 9.80 Å². The van der Waals surface area contributed by atoms with Crippen LogP contribution < -0.4 is 4.90 Å². The first-order valence-corrected chi connectivity index (χ1v) is 10.5. The summed E-state index contributed by atoms with van der Waals surface area (Å²) in [6.07, 6.45) is 6.53. The maximum atomic E-state index is 13.9. The van der Waals surface area contributed by atoms with Crippen LogP contribution in [0, 0.1) is 5.82 Å². The van der Waals surface area contributed by atoms with Gasteiger partial charge in [-0.15, -0.1) is 0 Å². The molecule has 158 valence electrons. The van der Waals surface area contributed by atoms with Gasteiger partial charge in [0.15, 0.2) is 0 Å². The van der Waals surface area contributed by atoms with Crippen LogP contribution in [0.15, 0.2) is 18.2 Å². The maximum Gasteiger partial charge on any atom is 0.317 e. The van der Waals surface area contributed by atoms with Crippen molar-refractivity contribution in [3.63, 3.8) is 0 Å². The van der Waals surface area contributed by atoms with Crippen LogP contribution in [-0.4, -0.2) is 67.2 Å². The number of likely N-dealkylation sites (tertiary alicyclic amines) is 1. The van der Waals surface area contributed by atoms with Crippen molar-refractivity contribution in [1.29, 1.82) is 0 Å². The van der Waals surface area contributed by atoms with E-state index in [-0.39, 0.29) is 12.4 Å². The number of carboxylic acid groups (broad SMARTS) is 1. The fraction of sp³-hybridized carbons (Fsp3) is 0.682. The summed E-state index contributed by atoms with van der Waals surface area (Å²) in [5.41, 5.74) is 2.15. The van der Waals surface area contributed by atoms with Gasteiger partial charge in [-0.2, -0.15) is 0 Å². The zero-order valence-electron chi connectivity index (χ0n) is 17.7. The Morgan fingerprint density at radius 2 is 2.04 bits per heavy atom. The van der Waals surface area contributed by atoms with Gasteiger partial charge in [0.1, 0.15) is 5.82 Å². The van der Waals surface area contributed by atoms with Gasteiger partial charge in [0.2, 0.25) is 0 Å². The highest BCUT2D eigenvalue weighted by Crippen LogP contribution is 2.25. The number of nitrogens with zero attached hydrogens (tertiary/aromatic N) is 3. The SMILES string of the molecule is CCCCCN(C)c1ccc(F)cc1CN1CCCC(N(C)CC(=O)O)CC1. The van der Waals surface area contributed by atoms with Crippen molar-refractivity contribution in [3.8, 4) is 0 Å². The van der Waals surface area contributed by atoms with E-state index in [1.807, 2.05) is 18.0 Å². The average Bonchev–Trinajstić information content (AvgIpc) is 2.87. The lowest BCUT2D eigenvalue weighted by Gasteiger charge is -2.27. The molecule has 1 aliphatic rings. The van der Waals surface area contributed by atoms with E-state index in [2.05, 4.69) is 23.8 Å². The molecule has 0 amide bonds. The van der Waals surface area contributed by atoms with Crippen LogP contribution in [0.2, 0.25) is 0 Å². The molecule has 0 spiro atoms. The van der Waals surface area contributed by atoms with Crippen LogP contribution in [0.1, 0.15) is 51.0 Å². The van der Waals surface area contributed by atoms with Crippen LogP contribution in [0.5, 0.6) is 0 Å². The van der Waals surface area contributed by atoms with Crippen LogP contribution >= 0.6 is 0 Å². The second-order valence-electron chi connectivity index (χ2n) is 8.07. The Balaban J connectivity index is 2.00. The van der Waals surface area contributed by atoms with Crippen molar-refractivity contribution in [2.45, 2.75) is 58.0 Å². The summed E-state index contributed by atoms with van der Waals surface area (Å²) in [6, 6.07) is 5.42. The minimum Gasteiger partial charge on any atom is -0.480 e. The fourth-order valence-electron chi connectivity index (χ4n) is 4.09. The molecule has 1 heterocycles. The fourth-order valence-corrected chi connectivity index (χ4v) is 4.09. The number of unbranched alkanes of at least 4 members (excludes halogenated alkanes) is 2. The Morgan fingerprint density at radius 1 is 1.25 bits per heavy atom. The molecule has 0 aliphatic carbocycles. The Morgan fingerprint density at radius 3 is 2.75 bits per heavy atom. The van der Waals surface area contributed by atoms with Gasteiger partial charge in [-0.05, 0) is 69.6 Å². The van der Waals surface area contributed by atoms with Gasteiger partial charge in [0, 0.05) is 31.9 Å². The number of rotatable bonds is 10. The third-order valence-corrected chi connectivity index (χ3v) is 5.74. The molecule has 0 saturated carbocycles. The summed E-state index contributed by atoms with van der Waals surface area (Å²) >= 11 is 0. The standard InChI is InChI=1S/C22H36FN3O2/c1-4-5-6-12-24(2)21-10-9-19(23)15-18(21)16-26-13-7-8-20(11-14-26)25(3)17-22(27)28/h9-10,15,20H,4-8,11-14,16-17H2,1-3H3,(H,27,28). The number of likely N-dealkylation sites (N-methyl/N-ethyl adjacent to an activating group) is 1. The number of carboxylic acids is 1. The molecule has 0 radical (unpaired) electrons.